The van der Waals surface area contributed by atoms with Crippen LogP contribution in [0.15, 0.2) is 48.8 Å². The molecular weight excluding hydrogens is 317 g/mol. The number of hydrogen-bond acceptors (Lipinski definition) is 4. The van der Waals surface area contributed by atoms with Gasteiger partial charge in [-0.15, -0.1) is 0 Å². The van der Waals surface area contributed by atoms with E-state index in [2.05, 4.69) is 15.1 Å². The van der Waals surface area contributed by atoms with Crippen LogP contribution in [-0.4, -0.2) is 19.6 Å². The number of pyridine rings is 1. The summed E-state index contributed by atoms with van der Waals surface area (Å²) >= 11 is 5.92. The Kier molecular flexibility index (Phi) is 3.21. The maximum atomic E-state index is 14.4. The van der Waals surface area contributed by atoms with E-state index in [4.69, 9.17) is 17.3 Å². The van der Waals surface area contributed by atoms with Gasteiger partial charge in [0.1, 0.15) is 11.0 Å². The van der Waals surface area contributed by atoms with Crippen LogP contribution < -0.4 is 5.73 Å². The Morgan fingerprint density at radius 2 is 2.04 bits per heavy atom. The molecule has 0 aliphatic carbocycles. The zero-order valence-electron chi connectivity index (χ0n) is 11.8. The number of nitrogens with zero attached hydrogens (tertiary/aromatic N) is 4. The van der Waals surface area contributed by atoms with Crippen molar-refractivity contribution in [2.75, 3.05) is 0 Å². The lowest BCUT2D eigenvalue weighted by atomic mass is 10.0. The van der Waals surface area contributed by atoms with E-state index >= 15 is 0 Å². The summed E-state index contributed by atoms with van der Waals surface area (Å²) in [5.74, 6) is -0.416. The summed E-state index contributed by atoms with van der Waals surface area (Å²) in [6.45, 7) is 0. The molecule has 23 heavy (non-hydrogen) atoms. The highest BCUT2D eigenvalue weighted by Gasteiger charge is 2.19. The summed E-state index contributed by atoms with van der Waals surface area (Å²) in [5, 5.41) is 5.31. The Labute approximate surface area is 135 Å². The first-order valence-electron chi connectivity index (χ1n) is 6.93. The van der Waals surface area contributed by atoms with Crippen LogP contribution in [0.5, 0.6) is 0 Å². The van der Waals surface area contributed by atoms with Gasteiger partial charge in [0.05, 0.1) is 23.4 Å². The predicted molar refractivity (Wildman–Crippen MR) is 85.7 cm³/mol. The Balaban J connectivity index is 1.89. The monoisotopic (exact) mass is 327 g/mol. The highest BCUT2D eigenvalue weighted by atomic mass is 35.5. The molecule has 1 aromatic carbocycles. The van der Waals surface area contributed by atoms with Crippen molar-refractivity contribution in [1.29, 1.82) is 0 Å². The summed E-state index contributed by atoms with van der Waals surface area (Å²) in [7, 11) is 0. The van der Waals surface area contributed by atoms with Gasteiger partial charge in [-0.1, -0.05) is 17.7 Å². The molecule has 5 nitrogen and oxygen atoms in total. The van der Waals surface area contributed by atoms with Crippen molar-refractivity contribution in [3.63, 3.8) is 0 Å². The van der Waals surface area contributed by atoms with E-state index in [9.17, 15) is 4.39 Å². The third kappa shape index (κ3) is 2.32. The number of nitrogens with two attached hydrogens (primary N) is 1. The first-order valence-corrected chi connectivity index (χ1v) is 7.31. The fourth-order valence-electron chi connectivity index (χ4n) is 2.59. The second-order valence-corrected chi connectivity index (χ2v) is 5.54. The first kappa shape index (κ1) is 14.0. The van der Waals surface area contributed by atoms with Crippen LogP contribution in [0.4, 0.5) is 4.39 Å². The lowest BCUT2D eigenvalue weighted by molar-refractivity contribution is 0.596. The van der Waals surface area contributed by atoms with Gasteiger partial charge in [-0.3, -0.25) is 4.98 Å². The number of halogens is 2. The topological polar surface area (TPSA) is 69.1 Å². The molecule has 4 aromatic rings. The molecule has 0 amide bonds. The number of benzene rings is 1. The number of aromatic nitrogens is 4. The highest BCUT2D eigenvalue weighted by molar-refractivity contribution is 6.29. The van der Waals surface area contributed by atoms with Gasteiger partial charge in [-0.05, 0) is 24.3 Å². The number of hydrogen-bond donors (Lipinski definition) is 1. The molecule has 4 rings (SSSR count). The Morgan fingerprint density at radius 1 is 1.17 bits per heavy atom. The van der Waals surface area contributed by atoms with Crippen molar-refractivity contribution in [2.24, 2.45) is 5.73 Å². The maximum absolute atomic E-state index is 14.4. The highest BCUT2D eigenvalue weighted by Crippen LogP contribution is 2.26. The van der Waals surface area contributed by atoms with E-state index in [1.807, 2.05) is 6.07 Å². The van der Waals surface area contributed by atoms with E-state index in [1.54, 1.807) is 36.7 Å². The third-order valence-corrected chi connectivity index (χ3v) is 3.93. The molecule has 3 heterocycles. The first-order chi connectivity index (χ1) is 11.1. The molecule has 0 fully saturated rings. The molecule has 1 atom stereocenters. The molecular formula is C16H11ClFN5. The van der Waals surface area contributed by atoms with Gasteiger partial charge in [0.15, 0.2) is 5.65 Å². The van der Waals surface area contributed by atoms with Crippen LogP contribution in [-0.2, 0) is 0 Å². The van der Waals surface area contributed by atoms with Crippen LogP contribution in [0, 0.1) is 5.82 Å². The summed E-state index contributed by atoms with van der Waals surface area (Å²) in [5.41, 5.74) is 8.36. The molecule has 0 saturated carbocycles. The lowest BCUT2D eigenvalue weighted by Crippen LogP contribution is -2.16. The molecule has 0 saturated heterocycles. The van der Waals surface area contributed by atoms with Gasteiger partial charge in [0, 0.05) is 23.2 Å². The van der Waals surface area contributed by atoms with Gasteiger partial charge in [0.2, 0.25) is 0 Å². The van der Waals surface area contributed by atoms with Crippen LogP contribution in [0.25, 0.3) is 16.6 Å². The molecule has 3 aromatic heterocycles. The van der Waals surface area contributed by atoms with Crippen LogP contribution >= 0.6 is 11.6 Å². The quantitative estimate of drug-likeness (QED) is 0.614. The Bertz CT molecular complexity index is 1030. The van der Waals surface area contributed by atoms with Gasteiger partial charge < -0.3 is 5.73 Å². The van der Waals surface area contributed by atoms with Crippen molar-refractivity contribution in [2.45, 2.75) is 6.04 Å². The molecule has 0 radical (unpaired) electrons. The smallest absolute Gasteiger partial charge is 0.153 e. The maximum Gasteiger partial charge on any atom is 0.153 e. The van der Waals surface area contributed by atoms with Gasteiger partial charge >= 0.3 is 0 Å². The molecule has 114 valence electrons. The van der Waals surface area contributed by atoms with E-state index in [0.717, 1.165) is 5.39 Å². The van der Waals surface area contributed by atoms with Gasteiger partial charge in [0.25, 0.3) is 0 Å². The SMILES string of the molecule is NC(c1cc2cccnc2cc1F)c1cnc2ccc(Cl)nn12. The summed E-state index contributed by atoms with van der Waals surface area (Å²) < 4.78 is 16.0. The number of rotatable bonds is 2. The number of fused-ring (bicyclic) bond motifs is 2. The summed E-state index contributed by atoms with van der Waals surface area (Å²) in [4.78, 5) is 8.36. The minimum Gasteiger partial charge on any atom is -0.319 e. The zero-order valence-corrected chi connectivity index (χ0v) is 12.6. The van der Waals surface area contributed by atoms with E-state index < -0.39 is 11.9 Å². The summed E-state index contributed by atoms with van der Waals surface area (Å²) in [6, 6.07) is 9.39. The second-order valence-electron chi connectivity index (χ2n) is 5.16. The van der Waals surface area contributed by atoms with Crippen molar-refractivity contribution in [1.82, 2.24) is 19.6 Å². The standard InChI is InChI=1S/C16H11ClFN5/c17-14-3-4-15-21-8-13(23(15)22-14)16(19)10-6-9-2-1-5-20-12(9)7-11(10)18/h1-8,16H,19H2. The molecule has 2 N–H and O–H groups in total. The van der Waals surface area contributed by atoms with E-state index in [0.29, 0.717) is 27.6 Å². The average molecular weight is 328 g/mol. The van der Waals surface area contributed by atoms with Crippen molar-refractivity contribution < 1.29 is 4.39 Å². The minimum atomic E-state index is -0.722. The van der Waals surface area contributed by atoms with Crippen LogP contribution in [0.3, 0.4) is 0 Å². The zero-order chi connectivity index (χ0) is 16.0. The van der Waals surface area contributed by atoms with Gasteiger partial charge in [-0.25, -0.2) is 13.9 Å². The minimum absolute atomic E-state index is 0.312. The van der Waals surface area contributed by atoms with Crippen LogP contribution in [0.1, 0.15) is 17.3 Å². The largest absolute Gasteiger partial charge is 0.319 e. The molecule has 7 heteroatoms. The van der Waals surface area contributed by atoms with Gasteiger partial charge in [-0.2, -0.15) is 5.10 Å². The van der Waals surface area contributed by atoms with Crippen LogP contribution in [0.2, 0.25) is 5.15 Å². The number of imidazole rings is 1. The van der Waals surface area contributed by atoms with Crippen molar-refractivity contribution in [3.8, 4) is 0 Å². The predicted octanol–water partition coefficient (Wildman–Crippen LogP) is 3.12. The van der Waals surface area contributed by atoms with E-state index in [-0.39, 0.29) is 0 Å². The third-order valence-electron chi connectivity index (χ3n) is 3.73. The Morgan fingerprint density at radius 3 is 2.91 bits per heavy atom. The fraction of sp³-hybridized carbons (Fsp3) is 0.0625. The summed E-state index contributed by atoms with van der Waals surface area (Å²) in [6.07, 6.45) is 3.20. The normalized spacial score (nSPS) is 12.8. The molecule has 0 bridgehead atoms. The average Bonchev–Trinajstić information content (AvgIpc) is 2.96. The fourth-order valence-corrected chi connectivity index (χ4v) is 2.73. The van der Waals surface area contributed by atoms with E-state index in [1.165, 1.54) is 10.6 Å². The molecule has 0 spiro atoms. The molecule has 1 unspecified atom stereocenters. The van der Waals surface area contributed by atoms with Crippen molar-refractivity contribution >= 4 is 28.2 Å². The van der Waals surface area contributed by atoms with Crippen molar-refractivity contribution in [3.05, 3.63) is 71.0 Å². The molecule has 0 aliphatic heterocycles. The second kappa shape index (κ2) is 5.26. The Hall–Kier alpha value is -2.57. The lowest BCUT2D eigenvalue weighted by Gasteiger charge is -2.13. The molecule has 0 aliphatic rings.